The summed E-state index contributed by atoms with van der Waals surface area (Å²) in [6.07, 6.45) is 4.19. The molecule has 0 amide bonds. The number of hydrogen-bond donors (Lipinski definition) is 0. The van der Waals surface area contributed by atoms with Crippen molar-refractivity contribution in [3.05, 3.63) is 27.8 Å². The Morgan fingerprint density at radius 3 is 2.67 bits per heavy atom. The third-order valence-corrected chi connectivity index (χ3v) is 5.06. The lowest BCUT2D eigenvalue weighted by molar-refractivity contribution is 0.115. The smallest absolute Gasteiger partial charge is 0.0389 e. The summed E-state index contributed by atoms with van der Waals surface area (Å²) in [7, 11) is 0. The monoisotopic (exact) mass is 356 g/mol. The summed E-state index contributed by atoms with van der Waals surface area (Å²) < 4.78 is 1.32. The van der Waals surface area contributed by atoms with E-state index in [0.29, 0.717) is 6.04 Å². The number of piperazine rings is 1. The van der Waals surface area contributed by atoms with Crippen molar-refractivity contribution in [2.24, 2.45) is 0 Å². The molecule has 2 fully saturated rings. The highest BCUT2D eigenvalue weighted by atomic mass is 127. The second-order valence-electron chi connectivity index (χ2n) is 5.62. The number of nitrogens with zero attached hydrogens (tertiary/aromatic N) is 2. The number of fused-ring (bicyclic) bond motifs is 1. The Hall–Kier alpha value is -0.290. The van der Waals surface area contributed by atoms with Gasteiger partial charge in [-0.25, -0.2) is 0 Å². The molecular weight excluding hydrogens is 335 g/mol. The van der Waals surface area contributed by atoms with Crippen molar-refractivity contribution in [2.45, 2.75) is 38.3 Å². The zero-order valence-electron chi connectivity index (χ0n) is 11.0. The molecule has 2 unspecified atom stereocenters. The van der Waals surface area contributed by atoms with Crippen molar-refractivity contribution in [2.75, 3.05) is 24.5 Å². The number of benzene rings is 1. The lowest BCUT2D eigenvalue weighted by atomic mass is 9.97. The third-order valence-electron chi connectivity index (χ3n) is 4.35. The van der Waals surface area contributed by atoms with Crippen molar-refractivity contribution in [3.63, 3.8) is 0 Å². The van der Waals surface area contributed by atoms with Crippen LogP contribution < -0.4 is 4.90 Å². The van der Waals surface area contributed by atoms with Gasteiger partial charge in [-0.05, 0) is 73.2 Å². The molecule has 3 heteroatoms. The van der Waals surface area contributed by atoms with E-state index in [9.17, 15) is 0 Å². The lowest BCUT2D eigenvalue weighted by Crippen LogP contribution is -2.58. The van der Waals surface area contributed by atoms with Crippen LogP contribution in [0, 0.1) is 3.57 Å². The fourth-order valence-electron chi connectivity index (χ4n) is 3.34. The minimum absolute atomic E-state index is 0.638. The van der Waals surface area contributed by atoms with Crippen molar-refractivity contribution in [3.8, 4) is 0 Å². The van der Waals surface area contributed by atoms with Crippen LogP contribution >= 0.6 is 22.6 Å². The van der Waals surface area contributed by atoms with Gasteiger partial charge in [-0.15, -0.1) is 0 Å². The fraction of sp³-hybridized carbons (Fsp3) is 0.600. The van der Waals surface area contributed by atoms with Crippen LogP contribution in [0.5, 0.6) is 0 Å². The molecule has 1 aromatic carbocycles. The summed E-state index contributed by atoms with van der Waals surface area (Å²) in [6, 6.07) is 10.4. The van der Waals surface area contributed by atoms with Gasteiger partial charge in [0, 0.05) is 34.4 Å². The quantitative estimate of drug-likeness (QED) is 0.712. The minimum Gasteiger partial charge on any atom is -0.366 e. The molecule has 0 spiro atoms. The standard InChI is InChI=1S/C15H21IN2/c1-12-10-17-9-3-2-4-15(17)11-18(12)14-7-5-13(16)6-8-14/h5-8,12,15H,2-4,9-11H2,1H3. The van der Waals surface area contributed by atoms with E-state index in [1.165, 1.54) is 48.2 Å². The molecule has 98 valence electrons. The maximum atomic E-state index is 2.71. The molecule has 2 aliphatic rings. The van der Waals surface area contributed by atoms with Gasteiger partial charge in [0.25, 0.3) is 0 Å². The summed E-state index contributed by atoms with van der Waals surface area (Å²) in [6.45, 7) is 6.12. The first kappa shape index (κ1) is 12.7. The van der Waals surface area contributed by atoms with Gasteiger partial charge in [0.05, 0.1) is 0 Å². The summed E-state index contributed by atoms with van der Waals surface area (Å²) in [5.74, 6) is 0. The van der Waals surface area contributed by atoms with Crippen molar-refractivity contribution in [1.29, 1.82) is 0 Å². The maximum Gasteiger partial charge on any atom is 0.0389 e. The van der Waals surface area contributed by atoms with E-state index in [-0.39, 0.29) is 0 Å². The largest absolute Gasteiger partial charge is 0.366 e. The molecule has 2 atom stereocenters. The molecule has 3 rings (SSSR count). The van der Waals surface area contributed by atoms with E-state index in [4.69, 9.17) is 0 Å². The van der Waals surface area contributed by atoms with E-state index in [1.807, 2.05) is 0 Å². The SMILES string of the molecule is CC1CN2CCCCC2CN1c1ccc(I)cc1. The van der Waals surface area contributed by atoms with Gasteiger partial charge in [0.1, 0.15) is 0 Å². The zero-order chi connectivity index (χ0) is 12.5. The van der Waals surface area contributed by atoms with Crippen LogP contribution in [0.1, 0.15) is 26.2 Å². The second kappa shape index (κ2) is 5.37. The molecule has 0 saturated carbocycles. The highest BCUT2D eigenvalue weighted by Gasteiger charge is 2.32. The van der Waals surface area contributed by atoms with Crippen LogP contribution in [0.2, 0.25) is 0 Å². The van der Waals surface area contributed by atoms with E-state index < -0.39 is 0 Å². The fourth-order valence-corrected chi connectivity index (χ4v) is 3.70. The minimum atomic E-state index is 0.638. The van der Waals surface area contributed by atoms with Crippen molar-refractivity contribution < 1.29 is 0 Å². The Morgan fingerprint density at radius 1 is 1.11 bits per heavy atom. The van der Waals surface area contributed by atoms with Crippen LogP contribution in [-0.2, 0) is 0 Å². The average molecular weight is 356 g/mol. The summed E-state index contributed by atoms with van der Waals surface area (Å²) in [4.78, 5) is 5.31. The molecule has 0 N–H and O–H groups in total. The first-order valence-electron chi connectivity index (χ1n) is 7.00. The van der Waals surface area contributed by atoms with Crippen LogP contribution in [0.4, 0.5) is 5.69 Å². The van der Waals surface area contributed by atoms with Gasteiger partial charge in [-0.1, -0.05) is 6.42 Å². The maximum absolute atomic E-state index is 2.71. The zero-order valence-corrected chi connectivity index (χ0v) is 13.1. The summed E-state index contributed by atoms with van der Waals surface area (Å²) in [5, 5.41) is 0. The normalized spacial score (nSPS) is 29.1. The van der Waals surface area contributed by atoms with E-state index >= 15 is 0 Å². The van der Waals surface area contributed by atoms with Crippen molar-refractivity contribution >= 4 is 28.3 Å². The Balaban J connectivity index is 1.77. The van der Waals surface area contributed by atoms with Gasteiger partial charge in [-0.3, -0.25) is 4.90 Å². The van der Waals surface area contributed by atoms with E-state index in [0.717, 1.165) is 6.04 Å². The van der Waals surface area contributed by atoms with Gasteiger partial charge in [-0.2, -0.15) is 0 Å². The second-order valence-corrected chi connectivity index (χ2v) is 6.87. The first-order chi connectivity index (χ1) is 8.74. The molecule has 0 bridgehead atoms. The van der Waals surface area contributed by atoms with Crippen LogP contribution in [0.25, 0.3) is 0 Å². The van der Waals surface area contributed by atoms with E-state index in [1.54, 1.807) is 0 Å². The Kier molecular flexibility index (Phi) is 3.80. The topological polar surface area (TPSA) is 6.48 Å². The molecule has 2 aliphatic heterocycles. The Bertz CT molecular complexity index is 403. The molecule has 2 heterocycles. The predicted molar refractivity (Wildman–Crippen MR) is 85.2 cm³/mol. The van der Waals surface area contributed by atoms with Gasteiger partial charge in [0.2, 0.25) is 0 Å². The molecule has 18 heavy (non-hydrogen) atoms. The molecule has 0 radical (unpaired) electrons. The van der Waals surface area contributed by atoms with Gasteiger partial charge in [0.15, 0.2) is 0 Å². The Labute approximate surface area is 123 Å². The first-order valence-corrected chi connectivity index (χ1v) is 8.08. The number of hydrogen-bond acceptors (Lipinski definition) is 2. The Morgan fingerprint density at radius 2 is 1.89 bits per heavy atom. The number of piperidine rings is 1. The van der Waals surface area contributed by atoms with Crippen LogP contribution in [-0.4, -0.2) is 36.6 Å². The van der Waals surface area contributed by atoms with Crippen molar-refractivity contribution in [1.82, 2.24) is 4.90 Å². The van der Waals surface area contributed by atoms with Crippen LogP contribution in [0.15, 0.2) is 24.3 Å². The van der Waals surface area contributed by atoms with Crippen LogP contribution in [0.3, 0.4) is 0 Å². The number of halogens is 1. The summed E-state index contributed by atoms with van der Waals surface area (Å²) in [5.41, 5.74) is 1.40. The molecule has 1 aromatic rings. The van der Waals surface area contributed by atoms with Gasteiger partial charge < -0.3 is 4.90 Å². The number of anilines is 1. The molecule has 0 aliphatic carbocycles. The average Bonchev–Trinajstić information content (AvgIpc) is 2.39. The highest BCUT2D eigenvalue weighted by molar-refractivity contribution is 14.1. The highest BCUT2D eigenvalue weighted by Crippen LogP contribution is 2.28. The summed E-state index contributed by atoms with van der Waals surface area (Å²) >= 11 is 2.38. The number of rotatable bonds is 1. The van der Waals surface area contributed by atoms with E-state index in [2.05, 4.69) is 63.6 Å². The lowest BCUT2D eigenvalue weighted by Gasteiger charge is -2.48. The van der Waals surface area contributed by atoms with Gasteiger partial charge >= 0.3 is 0 Å². The predicted octanol–water partition coefficient (Wildman–Crippen LogP) is 3.35. The third kappa shape index (κ3) is 2.52. The molecule has 2 saturated heterocycles. The molecule has 0 aromatic heterocycles. The molecule has 2 nitrogen and oxygen atoms in total. The molecular formula is C15H21IN2.